The number of benzene rings is 1. The monoisotopic (exact) mass is 307 g/mol. The van der Waals surface area contributed by atoms with Gasteiger partial charge in [0.15, 0.2) is 11.6 Å². The molecular weight excluding hydrogens is 284 g/mol. The predicted molar refractivity (Wildman–Crippen MR) is 86.1 cm³/mol. The Morgan fingerprint density at radius 3 is 2.36 bits per heavy atom. The third-order valence-corrected chi connectivity index (χ3v) is 4.26. The van der Waals surface area contributed by atoms with E-state index in [0.717, 1.165) is 5.47 Å². The van der Waals surface area contributed by atoms with E-state index in [1.54, 1.807) is 6.07 Å². The van der Waals surface area contributed by atoms with Gasteiger partial charge in [0.1, 0.15) is 0 Å². The summed E-state index contributed by atoms with van der Waals surface area (Å²) in [7, 11) is 1.35. The zero-order chi connectivity index (χ0) is 16.5. The third-order valence-electron chi connectivity index (χ3n) is 4.26. The number of rotatable bonds is 4. The second kappa shape index (κ2) is 6.03. The Balaban J connectivity index is 2.31. The van der Waals surface area contributed by atoms with Gasteiger partial charge in [-0.25, -0.2) is 4.39 Å². The number of likely N-dealkylation sites (N-methyl/N-ethyl adjacent to an activating group) is 1. The first kappa shape index (κ1) is 17.0. The highest BCUT2D eigenvalue weighted by atomic mass is 19.1. The minimum absolute atomic E-state index is 0.369. The number of phenolic OH excluding ortho intramolecular Hbond substituents is 1. The van der Waals surface area contributed by atoms with Crippen LogP contribution in [0.3, 0.4) is 0 Å². The van der Waals surface area contributed by atoms with Crippen LogP contribution in [0, 0.1) is 5.82 Å². The summed E-state index contributed by atoms with van der Waals surface area (Å²) in [6, 6.07) is 4.23. The SMILES string of the molecule is CNCC(=Cc1ccc(F)c(O)c1)B1OC(C)(C)C(C)(C)O1. The lowest BCUT2D eigenvalue weighted by molar-refractivity contribution is 0.00578. The van der Waals surface area contributed by atoms with Gasteiger partial charge in [0.2, 0.25) is 0 Å². The van der Waals surface area contributed by atoms with Gasteiger partial charge in [-0.3, -0.25) is 0 Å². The Hall–Kier alpha value is -1.37. The highest BCUT2D eigenvalue weighted by Gasteiger charge is 2.52. The van der Waals surface area contributed by atoms with Crippen LogP contribution in [-0.4, -0.2) is 37.0 Å². The Kier molecular flexibility index (Phi) is 4.66. The maximum Gasteiger partial charge on any atom is 0.491 e. The number of aromatic hydroxyl groups is 1. The van der Waals surface area contributed by atoms with Gasteiger partial charge in [-0.15, -0.1) is 0 Å². The van der Waals surface area contributed by atoms with Gasteiger partial charge in [0, 0.05) is 6.54 Å². The van der Waals surface area contributed by atoms with E-state index in [4.69, 9.17) is 9.31 Å². The van der Waals surface area contributed by atoms with Crippen molar-refractivity contribution in [2.45, 2.75) is 38.9 Å². The molecule has 1 aromatic rings. The molecule has 0 bridgehead atoms. The standard InChI is InChI=1S/C16H23BFNO3/c1-15(2)16(3,4)22-17(21-15)12(10-19-5)8-11-6-7-13(18)14(20)9-11/h6-9,19-20H,10H2,1-5H3. The Bertz CT molecular complexity index is 571. The highest BCUT2D eigenvalue weighted by Crippen LogP contribution is 2.38. The Labute approximate surface area is 131 Å². The molecule has 1 aromatic carbocycles. The molecule has 0 saturated carbocycles. The van der Waals surface area contributed by atoms with Crippen molar-refractivity contribution in [3.63, 3.8) is 0 Å². The minimum Gasteiger partial charge on any atom is -0.505 e. The Morgan fingerprint density at radius 2 is 1.86 bits per heavy atom. The van der Waals surface area contributed by atoms with E-state index in [0.29, 0.717) is 12.1 Å². The van der Waals surface area contributed by atoms with Crippen LogP contribution in [0.1, 0.15) is 33.3 Å². The molecule has 0 radical (unpaired) electrons. The fourth-order valence-corrected chi connectivity index (χ4v) is 2.23. The normalized spacial score (nSPS) is 20.5. The second-order valence-corrected chi connectivity index (χ2v) is 6.55. The van der Waals surface area contributed by atoms with Crippen LogP contribution in [0.5, 0.6) is 5.75 Å². The summed E-state index contributed by atoms with van der Waals surface area (Å²) >= 11 is 0. The molecule has 2 N–H and O–H groups in total. The number of hydrogen-bond donors (Lipinski definition) is 2. The highest BCUT2D eigenvalue weighted by molar-refractivity contribution is 6.55. The maximum absolute atomic E-state index is 13.2. The molecule has 4 nitrogen and oxygen atoms in total. The van der Waals surface area contributed by atoms with Gasteiger partial charge in [-0.05, 0) is 57.9 Å². The van der Waals surface area contributed by atoms with E-state index in [9.17, 15) is 9.50 Å². The lowest BCUT2D eigenvalue weighted by Gasteiger charge is -2.32. The van der Waals surface area contributed by atoms with E-state index in [-0.39, 0.29) is 5.75 Å². The van der Waals surface area contributed by atoms with E-state index >= 15 is 0 Å². The Morgan fingerprint density at radius 1 is 1.27 bits per heavy atom. The number of nitrogens with one attached hydrogen (secondary N) is 1. The molecule has 1 saturated heterocycles. The summed E-state index contributed by atoms with van der Waals surface area (Å²) < 4.78 is 25.2. The topological polar surface area (TPSA) is 50.7 Å². The summed E-state index contributed by atoms with van der Waals surface area (Å²) in [5.74, 6) is -1.01. The van der Waals surface area contributed by atoms with Crippen molar-refractivity contribution in [3.05, 3.63) is 35.1 Å². The number of phenols is 1. The molecule has 0 aromatic heterocycles. The number of hydrogen-bond acceptors (Lipinski definition) is 4. The van der Waals surface area contributed by atoms with Crippen LogP contribution in [-0.2, 0) is 9.31 Å². The molecule has 22 heavy (non-hydrogen) atoms. The van der Waals surface area contributed by atoms with Gasteiger partial charge in [-0.1, -0.05) is 12.1 Å². The molecule has 1 fully saturated rings. The van der Waals surface area contributed by atoms with Gasteiger partial charge in [-0.2, -0.15) is 0 Å². The quantitative estimate of drug-likeness (QED) is 0.840. The van der Waals surface area contributed by atoms with Crippen molar-refractivity contribution < 1.29 is 18.8 Å². The fourth-order valence-electron chi connectivity index (χ4n) is 2.23. The lowest BCUT2D eigenvalue weighted by atomic mass is 9.77. The van der Waals surface area contributed by atoms with E-state index in [2.05, 4.69) is 5.32 Å². The summed E-state index contributed by atoms with van der Waals surface area (Å²) in [4.78, 5) is 0. The molecule has 6 heteroatoms. The lowest BCUT2D eigenvalue weighted by Crippen LogP contribution is -2.41. The molecule has 1 aliphatic rings. The molecule has 0 amide bonds. The molecule has 0 aliphatic carbocycles. The minimum atomic E-state index is -0.636. The van der Waals surface area contributed by atoms with Crippen molar-refractivity contribution in [1.29, 1.82) is 0 Å². The molecule has 0 atom stereocenters. The zero-order valence-corrected chi connectivity index (χ0v) is 13.7. The van der Waals surface area contributed by atoms with Gasteiger partial charge < -0.3 is 19.7 Å². The van der Waals surface area contributed by atoms with Gasteiger partial charge >= 0.3 is 7.12 Å². The van der Waals surface area contributed by atoms with Gasteiger partial charge in [0.05, 0.1) is 11.2 Å². The third kappa shape index (κ3) is 3.34. The molecular formula is C16H23BFNO3. The van der Waals surface area contributed by atoms with Crippen molar-refractivity contribution in [3.8, 4) is 5.75 Å². The van der Waals surface area contributed by atoms with Crippen molar-refractivity contribution in [1.82, 2.24) is 5.32 Å². The smallest absolute Gasteiger partial charge is 0.491 e. The van der Waals surface area contributed by atoms with Crippen molar-refractivity contribution in [2.24, 2.45) is 0 Å². The van der Waals surface area contributed by atoms with Crippen LogP contribution < -0.4 is 5.32 Å². The van der Waals surface area contributed by atoms with Crippen molar-refractivity contribution in [2.75, 3.05) is 13.6 Å². The first-order valence-electron chi connectivity index (χ1n) is 7.35. The summed E-state index contributed by atoms with van der Waals surface area (Å²) in [5, 5.41) is 12.6. The second-order valence-electron chi connectivity index (χ2n) is 6.55. The van der Waals surface area contributed by atoms with E-state index < -0.39 is 24.1 Å². The first-order valence-corrected chi connectivity index (χ1v) is 7.35. The molecule has 0 spiro atoms. The number of halogens is 1. The molecule has 1 heterocycles. The van der Waals surface area contributed by atoms with Gasteiger partial charge in [0.25, 0.3) is 0 Å². The molecule has 0 unspecified atom stereocenters. The van der Waals surface area contributed by atoms with E-state index in [1.165, 1.54) is 12.1 Å². The summed E-state index contributed by atoms with van der Waals surface area (Å²) in [6.45, 7) is 8.54. The largest absolute Gasteiger partial charge is 0.505 e. The molecule has 2 rings (SSSR count). The van der Waals surface area contributed by atoms with Crippen molar-refractivity contribution >= 4 is 13.2 Å². The van der Waals surface area contributed by atoms with E-state index in [1.807, 2.05) is 40.8 Å². The van der Waals surface area contributed by atoms with Crippen LogP contribution >= 0.6 is 0 Å². The first-order chi connectivity index (χ1) is 10.2. The van der Waals surface area contributed by atoms with Crippen LogP contribution in [0.2, 0.25) is 0 Å². The van der Waals surface area contributed by atoms with Crippen LogP contribution in [0.15, 0.2) is 23.7 Å². The zero-order valence-electron chi connectivity index (χ0n) is 13.7. The van der Waals surface area contributed by atoms with Crippen LogP contribution in [0.4, 0.5) is 4.39 Å². The average molecular weight is 307 g/mol. The average Bonchev–Trinajstić information content (AvgIpc) is 2.62. The maximum atomic E-state index is 13.2. The molecule has 1 aliphatic heterocycles. The fraction of sp³-hybridized carbons (Fsp3) is 0.500. The predicted octanol–water partition coefficient (Wildman–Crippen LogP) is 2.77. The summed E-state index contributed by atoms with van der Waals surface area (Å²) in [6.07, 6.45) is 1.85. The molecule has 120 valence electrons. The summed E-state index contributed by atoms with van der Waals surface area (Å²) in [5.41, 5.74) is 0.733. The van der Waals surface area contributed by atoms with Crippen LogP contribution in [0.25, 0.3) is 6.08 Å².